The van der Waals surface area contributed by atoms with Crippen LogP contribution in [0.1, 0.15) is 18.9 Å². The number of hydrogen-bond donors (Lipinski definition) is 3. The molecule has 94 valence electrons. The number of hydrogen-bond acceptors (Lipinski definition) is 3. The van der Waals surface area contributed by atoms with Crippen LogP contribution in [0.2, 0.25) is 5.02 Å². The highest BCUT2D eigenvalue weighted by molar-refractivity contribution is 6.30. The van der Waals surface area contributed by atoms with Crippen molar-refractivity contribution in [2.24, 2.45) is 0 Å². The van der Waals surface area contributed by atoms with Crippen molar-refractivity contribution in [2.75, 3.05) is 11.9 Å². The van der Waals surface area contributed by atoms with Gasteiger partial charge < -0.3 is 15.5 Å². The minimum atomic E-state index is -1.28. The van der Waals surface area contributed by atoms with Crippen molar-refractivity contribution < 1.29 is 15.0 Å². The van der Waals surface area contributed by atoms with E-state index in [9.17, 15) is 9.90 Å². The van der Waals surface area contributed by atoms with Crippen molar-refractivity contribution in [3.63, 3.8) is 0 Å². The van der Waals surface area contributed by atoms with E-state index in [1.807, 2.05) is 6.92 Å². The smallest absolute Gasteiger partial charge is 0.306 e. The summed E-state index contributed by atoms with van der Waals surface area (Å²) in [6, 6.07) is 5.34. The third kappa shape index (κ3) is 4.63. The quantitative estimate of drug-likeness (QED) is 0.757. The van der Waals surface area contributed by atoms with Crippen LogP contribution in [0.25, 0.3) is 0 Å². The molecule has 5 heteroatoms. The lowest BCUT2D eigenvalue weighted by atomic mass is 10.0. The Morgan fingerprint density at radius 2 is 2.18 bits per heavy atom. The number of aliphatic carboxylic acids is 1. The molecule has 1 unspecified atom stereocenters. The van der Waals surface area contributed by atoms with Crippen molar-refractivity contribution >= 4 is 23.3 Å². The number of carboxylic acids is 1. The molecule has 0 amide bonds. The Kier molecular flexibility index (Phi) is 4.37. The van der Waals surface area contributed by atoms with Gasteiger partial charge in [-0.1, -0.05) is 11.6 Å². The van der Waals surface area contributed by atoms with E-state index in [0.717, 1.165) is 11.3 Å². The summed E-state index contributed by atoms with van der Waals surface area (Å²) in [4.78, 5) is 10.5. The van der Waals surface area contributed by atoms with E-state index in [1.165, 1.54) is 6.92 Å². The molecule has 0 aliphatic rings. The van der Waals surface area contributed by atoms with E-state index in [1.54, 1.807) is 18.2 Å². The first-order valence-electron chi connectivity index (χ1n) is 5.24. The molecule has 0 radical (unpaired) electrons. The van der Waals surface area contributed by atoms with E-state index in [0.29, 0.717) is 5.02 Å². The minimum Gasteiger partial charge on any atom is -0.481 e. The monoisotopic (exact) mass is 257 g/mol. The molecule has 3 N–H and O–H groups in total. The molecule has 0 heterocycles. The van der Waals surface area contributed by atoms with Gasteiger partial charge in [0.2, 0.25) is 0 Å². The largest absolute Gasteiger partial charge is 0.481 e. The molecule has 0 bridgehead atoms. The second kappa shape index (κ2) is 5.38. The van der Waals surface area contributed by atoms with Crippen molar-refractivity contribution in [3.8, 4) is 0 Å². The fraction of sp³-hybridized carbons (Fsp3) is 0.417. The number of rotatable bonds is 5. The van der Waals surface area contributed by atoms with Gasteiger partial charge in [-0.3, -0.25) is 4.79 Å². The highest BCUT2D eigenvalue weighted by Gasteiger charge is 2.23. The van der Waals surface area contributed by atoms with Gasteiger partial charge in [-0.15, -0.1) is 0 Å². The van der Waals surface area contributed by atoms with Crippen molar-refractivity contribution in [3.05, 3.63) is 28.8 Å². The number of benzene rings is 1. The zero-order valence-corrected chi connectivity index (χ0v) is 10.6. The molecule has 4 nitrogen and oxygen atoms in total. The van der Waals surface area contributed by atoms with Crippen LogP contribution in [0.15, 0.2) is 18.2 Å². The summed E-state index contributed by atoms with van der Waals surface area (Å²) in [5.74, 6) is -1.02. The molecule has 0 aliphatic heterocycles. The maximum atomic E-state index is 10.5. The first-order valence-corrected chi connectivity index (χ1v) is 5.62. The number of aliphatic hydroxyl groups is 1. The van der Waals surface area contributed by atoms with Crippen LogP contribution in [-0.4, -0.2) is 28.3 Å². The van der Waals surface area contributed by atoms with Gasteiger partial charge in [-0.25, -0.2) is 0 Å². The van der Waals surface area contributed by atoms with Crippen molar-refractivity contribution in [2.45, 2.75) is 25.9 Å². The Morgan fingerprint density at radius 1 is 1.53 bits per heavy atom. The number of carboxylic acid groups (broad SMARTS) is 1. The number of aryl methyl sites for hydroxylation is 1. The highest BCUT2D eigenvalue weighted by Crippen LogP contribution is 2.20. The molecule has 0 aromatic heterocycles. The van der Waals surface area contributed by atoms with Gasteiger partial charge in [-0.2, -0.15) is 0 Å². The van der Waals surface area contributed by atoms with Crippen molar-refractivity contribution in [1.82, 2.24) is 0 Å². The maximum absolute atomic E-state index is 10.5. The van der Waals surface area contributed by atoms with E-state index in [4.69, 9.17) is 16.7 Å². The molecular weight excluding hydrogens is 242 g/mol. The Morgan fingerprint density at radius 3 is 2.71 bits per heavy atom. The summed E-state index contributed by atoms with van der Waals surface area (Å²) in [5.41, 5.74) is 0.501. The molecule has 0 spiro atoms. The Hall–Kier alpha value is -1.26. The SMILES string of the molecule is Cc1cc(Cl)ccc1NCC(C)(O)CC(=O)O. The molecule has 1 aromatic carbocycles. The van der Waals surface area contributed by atoms with Gasteiger partial charge in [0.1, 0.15) is 0 Å². The van der Waals surface area contributed by atoms with Gasteiger partial charge in [0.25, 0.3) is 0 Å². The normalized spacial score (nSPS) is 14.1. The zero-order chi connectivity index (χ0) is 13.1. The van der Waals surface area contributed by atoms with E-state index >= 15 is 0 Å². The molecule has 1 atom stereocenters. The second-order valence-electron chi connectivity index (χ2n) is 4.38. The molecular formula is C12H16ClNO3. The summed E-state index contributed by atoms with van der Waals surface area (Å²) >= 11 is 5.82. The van der Waals surface area contributed by atoms with Crippen molar-refractivity contribution in [1.29, 1.82) is 0 Å². The third-order valence-corrected chi connectivity index (χ3v) is 2.62. The van der Waals surface area contributed by atoms with Crippen LogP contribution in [0.4, 0.5) is 5.69 Å². The van der Waals surface area contributed by atoms with Crippen LogP contribution in [0.5, 0.6) is 0 Å². The maximum Gasteiger partial charge on any atom is 0.306 e. The Labute approximate surface area is 105 Å². The van der Waals surface area contributed by atoms with Gasteiger partial charge in [0.15, 0.2) is 0 Å². The predicted octanol–water partition coefficient (Wildman–Crippen LogP) is 2.29. The zero-order valence-electron chi connectivity index (χ0n) is 9.83. The molecule has 0 saturated carbocycles. The molecule has 1 rings (SSSR count). The van der Waals surface area contributed by atoms with E-state index in [-0.39, 0.29) is 13.0 Å². The van der Waals surface area contributed by atoms with Gasteiger partial charge in [0, 0.05) is 17.3 Å². The second-order valence-corrected chi connectivity index (χ2v) is 4.82. The fourth-order valence-corrected chi connectivity index (χ4v) is 1.73. The summed E-state index contributed by atoms with van der Waals surface area (Å²) in [6.45, 7) is 3.54. The first-order chi connectivity index (χ1) is 7.80. The van der Waals surface area contributed by atoms with E-state index in [2.05, 4.69) is 5.32 Å². The lowest BCUT2D eigenvalue weighted by Gasteiger charge is -2.22. The lowest BCUT2D eigenvalue weighted by Crippen LogP contribution is -2.36. The van der Waals surface area contributed by atoms with Gasteiger partial charge in [0.05, 0.1) is 12.0 Å². The fourth-order valence-electron chi connectivity index (χ4n) is 1.50. The Balaban J connectivity index is 2.64. The van der Waals surface area contributed by atoms with Crippen LogP contribution in [-0.2, 0) is 4.79 Å². The predicted molar refractivity (Wildman–Crippen MR) is 67.6 cm³/mol. The molecule has 1 aromatic rings. The summed E-state index contributed by atoms with van der Waals surface area (Å²) < 4.78 is 0. The first kappa shape index (κ1) is 13.8. The minimum absolute atomic E-state index is 0.168. The lowest BCUT2D eigenvalue weighted by molar-refractivity contribution is -0.141. The average Bonchev–Trinajstić information content (AvgIpc) is 2.14. The standard InChI is InChI=1S/C12H16ClNO3/c1-8-5-9(13)3-4-10(8)14-7-12(2,17)6-11(15)16/h3-5,14,17H,6-7H2,1-2H3,(H,15,16). The molecule has 0 saturated heterocycles. The van der Waals surface area contributed by atoms with Crippen LogP contribution < -0.4 is 5.32 Å². The van der Waals surface area contributed by atoms with Gasteiger partial charge in [-0.05, 0) is 37.6 Å². The average molecular weight is 258 g/mol. The van der Waals surface area contributed by atoms with Crippen LogP contribution in [0, 0.1) is 6.92 Å². The molecule has 17 heavy (non-hydrogen) atoms. The van der Waals surface area contributed by atoms with Gasteiger partial charge >= 0.3 is 5.97 Å². The number of anilines is 1. The summed E-state index contributed by atoms with van der Waals surface area (Å²) in [5, 5.41) is 22.1. The van der Waals surface area contributed by atoms with Crippen LogP contribution >= 0.6 is 11.6 Å². The van der Waals surface area contributed by atoms with E-state index < -0.39 is 11.6 Å². The number of nitrogens with one attached hydrogen (secondary N) is 1. The topological polar surface area (TPSA) is 69.6 Å². The summed E-state index contributed by atoms with van der Waals surface area (Å²) in [6.07, 6.45) is -0.299. The molecule has 0 fully saturated rings. The number of halogens is 1. The van der Waals surface area contributed by atoms with Crippen LogP contribution in [0.3, 0.4) is 0 Å². The Bertz CT molecular complexity index is 418. The third-order valence-electron chi connectivity index (χ3n) is 2.38. The molecule has 0 aliphatic carbocycles. The highest BCUT2D eigenvalue weighted by atomic mass is 35.5. The summed E-state index contributed by atoms with van der Waals surface area (Å²) in [7, 11) is 0. The number of carbonyl (C=O) groups is 1.